The molecule has 6 aliphatic rings. The Morgan fingerprint density at radius 3 is 1.28 bits per heavy atom. The van der Waals surface area contributed by atoms with Crippen LogP contribution in [0.1, 0.15) is 48.6 Å². The number of rotatable bonds is 9. The Labute approximate surface area is 637 Å². The maximum absolute atomic E-state index is 8.12. The second-order valence-electron chi connectivity index (χ2n) is 30.6. The largest absolute Gasteiger partial charge is 0.458 e. The van der Waals surface area contributed by atoms with Gasteiger partial charge in [-0.05, 0) is 185 Å². The zero-order valence-electron chi connectivity index (χ0n) is 60.6. The van der Waals surface area contributed by atoms with E-state index >= 15 is 0 Å². The minimum atomic E-state index is -0.877. The van der Waals surface area contributed by atoms with Gasteiger partial charge in [0.25, 0.3) is 13.4 Å². The Bertz CT molecular complexity index is 6320. The Kier molecular flexibility index (Phi) is 14.0. The molecule has 16 aromatic carbocycles. The maximum atomic E-state index is 8.12. The molecular formula is C101H71B2N5O. The van der Waals surface area contributed by atoms with E-state index in [-0.39, 0.29) is 18.8 Å². The summed E-state index contributed by atoms with van der Waals surface area (Å²) >= 11 is 0. The number of hydrogen-bond donors (Lipinski definition) is 0. The minimum absolute atomic E-state index is 0.166. The molecule has 8 heteroatoms. The zero-order valence-corrected chi connectivity index (χ0v) is 60.6. The first kappa shape index (κ1) is 62.8. The maximum Gasteiger partial charge on any atom is 0.256 e. The van der Waals surface area contributed by atoms with Crippen molar-refractivity contribution >= 4 is 132 Å². The Morgan fingerprint density at radius 2 is 0.697 bits per heavy atom. The molecule has 5 aliphatic heterocycles. The molecule has 6 nitrogen and oxygen atoms in total. The summed E-state index contributed by atoms with van der Waals surface area (Å²) in [5.74, 6) is 1.61. The third-order valence-corrected chi connectivity index (χ3v) is 23.8. The van der Waals surface area contributed by atoms with Gasteiger partial charge in [-0.1, -0.05) is 288 Å². The lowest BCUT2D eigenvalue weighted by molar-refractivity contribution is 0.487. The fourth-order valence-electron chi connectivity index (χ4n) is 19.2. The van der Waals surface area contributed by atoms with Crippen molar-refractivity contribution in [2.45, 2.75) is 31.6 Å². The van der Waals surface area contributed by atoms with Gasteiger partial charge in [0.2, 0.25) is 0 Å². The van der Waals surface area contributed by atoms with Gasteiger partial charge >= 0.3 is 0 Å². The highest BCUT2D eigenvalue weighted by molar-refractivity contribution is 7.01. The van der Waals surface area contributed by atoms with Gasteiger partial charge in [0.05, 0.1) is 33.9 Å². The fourth-order valence-corrected chi connectivity index (χ4v) is 19.2. The normalized spacial score (nSPS) is 13.9. The van der Waals surface area contributed by atoms with Gasteiger partial charge in [0, 0.05) is 80.1 Å². The molecule has 1 aliphatic carbocycles. The summed E-state index contributed by atoms with van der Waals surface area (Å²) < 4.78 is 8.12. The summed E-state index contributed by atoms with van der Waals surface area (Å²) in [5, 5.41) is 0. The number of hydrogen-bond acceptors (Lipinski definition) is 6. The van der Waals surface area contributed by atoms with Crippen LogP contribution in [0.2, 0.25) is 0 Å². The van der Waals surface area contributed by atoms with Crippen LogP contribution in [0.3, 0.4) is 0 Å². The van der Waals surface area contributed by atoms with E-state index in [1.165, 1.54) is 77.9 Å². The fraction of sp³-hybridized carbons (Fsp3) is 0.0495. The second-order valence-corrected chi connectivity index (χ2v) is 30.6. The molecule has 0 amide bonds. The van der Waals surface area contributed by atoms with Crippen LogP contribution in [-0.2, 0) is 10.8 Å². The average Bonchev–Trinajstić information content (AvgIpc) is 1.62. The summed E-state index contributed by atoms with van der Waals surface area (Å²) in [4.78, 5) is 12.7. The standard InChI is InChI=1S/C101H71B2N5O/c1-100(2,3)68-58-93-98-94(59-68)107(72-44-20-9-21-45-72)92-64-90-80(62-84(92)102(98)82-52-28-32-56-88(82)105(93)70-40-16-7-17-41-70)101(78-50-26-22-48-76(78)77-49-23-27-51-79(77)101)81-63-85-96(65-91(81)106(90)71-42-18-8-19-43-71)109-97-61-73(104(69-38-14-6-15-39-69)86-54-30-24-46-74(86)66-34-10-4-11-35-66)60-95-99(97)103(85)83-53-29-33-57-89(83)108(95)87-55-31-25-47-75(87)67-36-12-5-13-37-67/h4-65H,1-3H3. The minimum Gasteiger partial charge on any atom is -0.458 e. The van der Waals surface area contributed by atoms with Gasteiger partial charge in [0.15, 0.2) is 0 Å². The van der Waals surface area contributed by atoms with Crippen molar-refractivity contribution in [3.8, 4) is 44.9 Å². The van der Waals surface area contributed by atoms with Crippen molar-refractivity contribution in [1.29, 1.82) is 0 Å². The molecule has 0 saturated heterocycles. The van der Waals surface area contributed by atoms with Crippen molar-refractivity contribution in [2.24, 2.45) is 0 Å². The van der Waals surface area contributed by atoms with Gasteiger partial charge in [-0.15, -0.1) is 0 Å². The molecule has 0 aromatic heterocycles. The van der Waals surface area contributed by atoms with Crippen LogP contribution in [0.25, 0.3) is 33.4 Å². The van der Waals surface area contributed by atoms with Gasteiger partial charge in [-0.25, -0.2) is 0 Å². The molecule has 5 heterocycles. The summed E-state index contributed by atoms with van der Waals surface area (Å²) in [5.41, 5.74) is 35.7. The number of nitrogens with zero attached hydrogens (tertiary/aromatic N) is 5. The van der Waals surface area contributed by atoms with Crippen molar-refractivity contribution in [1.82, 2.24) is 0 Å². The summed E-state index contributed by atoms with van der Waals surface area (Å²) in [6.07, 6.45) is 0. The van der Waals surface area contributed by atoms with Gasteiger partial charge in [-0.2, -0.15) is 0 Å². The van der Waals surface area contributed by atoms with Gasteiger partial charge in [0.1, 0.15) is 11.5 Å². The molecule has 22 rings (SSSR count). The highest BCUT2D eigenvalue weighted by Gasteiger charge is 2.56. The molecule has 1 spiro atoms. The van der Waals surface area contributed by atoms with E-state index in [9.17, 15) is 0 Å². The second kappa shape index (κ2) is 24.2. The van der Waals surface area contributed by atoms with E-state index in [2.05, 4.69) is 421 Å². The molecule has 0 radical (unpaired) electrons. The molecule has 0 N–H and O–H groups in total. The zero-order chi connectivity index (χ0) is 72.2. The molecule has 512 valence electrons. The molecule has 0 saturated carbocycles. The third-order valence-electron chi connectivity index (χ3n) is 23.8. The Morgan fingerprint density at radius 1 is 0.275 bits per heavy atom. The van der Waals surface area contributed by atoms with E-state index in [0.29, 0.717) is 0 Å². The lowest BCUT2D eigenvalue weighted by Crippen LogP contribution is -2.62. The van der Waals surface area contributed by atoms with Crippen LogP contribution in [0.5, 0.6) is 11.5 Å². The van der Waals surface area contributed by atoms with Gasteiger partial charge < -0.3 is 29.2 Å². The van der Waals surface area contributed by atoms with E-state index in [4.69, 9.17) is 4.74 Å². The number of anilines is 15. The average molecular weight is 1390 g/mol. The van der Waals surface area contributed by atoms with E-state index in [1.807, 2.05) is 0 Å². The van der Waals surface area contributed by atoms with E-state index in [1.54, 1.807) is 0 Å². The molecule has 109 heavy (non-hydrogen) atoms. The van der Waals surface area contributed by atoms with Crippen LogP contribution in [0.4, 0.5) is 85.3 Å². The first-order valence-electron chi connectivity index (χ1n) is 38.0. The third kappa shape index (κ3) is 9.31. The van der Waals surface area contributed by atoms with Crippen molar-refractivity contribution in [2.75, 3.05) is 24.5 Å². The number of ether oxygens (including phenoxy) is 1. The predicted octanol–water partition coefficient (Wildman–Crippen LogP) is 22.4. The van der Waals surface area contributed by atoms with Crippen LogP contribution >= 0.6 is 0 Å². The first-order valence-corrected chi connectivity index (χ1v) is 38.0. The number of benzene rings is 16. The number of fused-ring (bicyclic) bond motifs is 17. The smallest absolute Gasteiger partial charge is 0.256 e. The Balaban J connectivity index is 0.850. The van der Waals surface area contributed by atoms with E-state index in [0.717, 1.165) is 113 Å². The first-order chi connectivity index (χ1) is 53.8. The van der Waals surface area contributed by atoms with E-state index < -0.39 is 5.41 Å². The summed E-state index contributed by atoms with van der Waals surface area (Å²) in [7, 11) is 0. The topological polar surface area (TPSA) is 25.4 Å². The Hall–Kier alpha value is -13.6. The molecule has 0 fully saturated rings. The predicted molar refractivity (Wildman–Crippen MR) is 456 cm³/mol. The highest BCUT2D eigenvalue weighted by atomic mass is 16.5. The molecule has 0 atom stereocenters. The summed E-state index contributed by atoms with van der Waals surface area (Å²) in [6, 6.07) is 141. The molecular weight excluding hydrogens is 1320 g/mol. The van der Waals surface area contributed by atoms with Crippen LogP contribution in [-0.4, -0.2) is 13.4 Å². The van der Waals surface area contributed by atoms with Crippen molar-refractivity contribution in [3.05, 3.63) is 404 Å². The van der Waals surface area contributed by atoms with Crippen molar-refractivity contribution in [3.63, 3.8) is 0 Å². The molecule has 16 aromatic rings. The van der Waals surface area contributed by atoms with Crippen LogP contribution < -0.4 is 62.0 Å². The molecule has 0 bridgehead atoms. The monoisotopic (exact) mass is 1390 g/mol. The summed E-state index contributed by atoms with van der Waals surface area (Å²) in [6.45, 7) is 6.61. The SMILES string of the molecule is CC(C)(C)c1cc2c3c(c1)N(c1ccccc1)c1cc4c(cc1B3c1ccccc1N2c1ccccc1)C1(c2ccccc2-c2ccccc21)c1cc2c(cc1N4c1ccccc1)Oc1cc(N(c3ccccc3)c3ccccc3-c3ccccc3)cc3c1B2c1ccccc1N3c1ccccc1-c1ccccc1. The quantitative estimate of drug-likeness (QED) is 0.134. The van der Waals surface area contributed by atoms with Gasteiger partial charge in [-0.3, -0.25) is 0 Å². The highest BCUT2D eigenvalue weighted by Crippen LogP contribution is 2.65. The van der Waals surface area contributed by atoms with Crippen molar-refractivity contribution < 1.29 is 4.74 Å². The lowest BCUT2D eigenvalue weighted by Gasteiger charge is -2.49. The van der Waals surface area contributed by atoms with Crippen LogP contribution in [0.15, 0.2) is 376 Å². The lowest BCUT2D eigenvalue weighted by atomic mass is 9.33. The van der Waals surface area contributed by atoms with Crippen LogP contribution in [0, 0.1) is 0 Å². The number of para-hydroxylation sites is 8. The molecule has 0 unspecified atom stereocenters.